The first-order chi connectivity index (χ1) is 17.5. The highest BCUT2D eigenvalue weighted by atomic mass is 16.4. The molecule has 4 nitrogen and oxygen atoms in total. The van der Waals surface area contributed by atoms with Crippen molar-refractivity contribution >= 4 is 37.3 Å². The summed E-state index contributed by atoms with van der Waals surface area (Å²) in [7, 11) is -2.99. The molecule has 3 aromatic rings. The van der Waals surface area contributed by atoms with Gasteiger partial charge in [0.2, 0.25) is 0 Å². The highest BCUT2D eigenvalue weighted by Crippen LogP contribution is 2.34. The summed E-state index contributed by atoms with van der Waals surface area (Å²) in [4.78, 5) is 0. The summed E-state index contributed by atoms with van der Waals surface area (Å²) in [6.45, 7) is 0. The maximum absolute atomic E-state index is 9.51. The molecule has 0 saturated heterocycles. The van der Waals surface area contributed by atoms with Crippen LogP contribution in [0.25, 0.3) is 34.4 Å². The van der Waals surface area contributed by atoms with Gasteiger partial charge in [-0.05, 0) is 95.0 Å². The van der Waals surface area contributed by atoms with Gasteiger partial charge in [0.15, 0.2) is 0 Å². The lowest BCUT2D eigenvalue weighted by molar-refractivity contribution is 0.424. The Morgan fingerprint density at radius 2 is 0.833 bits per heavy atom. The Kier molecular flexibility index (Phi) is 9.15. The zero-order chi connectivity index (χ0) is 25.3. The molecule has 4 N–H and O–H groups in total. The van der Waals surface area contributed by atoms with Crippen LogP contribution in [0.2, 0.25) is 0 Å². The van der Waals surface area contributed by atoms with E-state index in [1.165, 1.54) is 0 Å². The Labute approximate surface area is 214 Å². The van der Waals surface area contributed by atoms with Gasteiger partial charge in [-0.25, -0.2) is 0 Å². The largest absolute Gasteiger partial charge is 0.488 e. The van der Waals surface area contributed by atoms with Crippen molar-refractivity contribution in [1.29, 1.82) is 0 Å². The molecule has 0 heterocycles. The van der Waals surface area contributed by atoms with E-state index < -0.39 is 14.2 Å². The third-order valence-electron chi connectivity index (χ3n) is 6.51. The Morgan fingerprint density at radius 1 is 0.472 bits per heavy atom. The Morgan fingerprint density at radius 3 is 1.19 bits per heavy atom. The topological polar surface area (TPSA) is 80.9 Å². The lowest BCUT2D eigenvalue weighted by Gasteiger charge is -2.15. The van der Waals surface area contributed by atoms with Crippen molar-refractivity contribution in [2.24, 2.45) is 0 Å². The van der Waals surface area contributed by atoms with Gasteiger partial charge in [-0.2, -0.15) is 0 Å². The second-order valence-corrected chi connectivity index (χ2v) is 9.16. The van der Waals surface area contributed by atoms with E-state index >= 15 is 0 Å². The molecule has 0 spiro atoms. The van der Waals surface area contributed by atoms with Crippen molar-refractivity contribution in [3.05, 3.63) is 96.1 Å². The molecule has 2 aliphatic carbocycles. The Hall–Kier alpha value is -3.15. The molecule has 0 aromatic heterocycles. The monoisotopic (exact) mass is 478 g/mol. The van der Waals surface area contributed by atoms with Crippen molar-refractivity contribution in [2.45, 2.75) is 38.5 Å². The number of allylic oxidation sites excluding steroid dienone is 4. The maximum Gasteiger partial charge on any atom is 0.488 e. The summed E-state index contributed by atoms with van der Waals surface area (Å²) in [5, 5.41) is 38.0. The fourth-order valence-electron chi connectivity index (χ4n) is 4.44. The minimum atomic E-state index is -1.49. The van der Waals surface area contributed by atoms with E-state index in [-0.39, 0.29) is 0 Å². The molecule has 0 fully saturated rings. The van der Waals surface area contributed by atoms with Gasteiger partial charge < -0.3 is 20.1 Å². The van der Waals surface area contributed by atoms with Crippen molar-refractivity contribution < 1.29 is 20.1 Å². The first-order valence-electron chi connectivity index (χ1n) is 12.6. The zero-order valence-electron chi connectivity index (χ0n) is 20.4. The van der Waals surface area contributed by atoms with Gasteiger partial charge in [0.1, 0.15) is 0 Å². The van der Waals surface area contributed by atoms with Crippen LogP contribution in [0.4, 0.5) is 0 Å². The van der Waals surface area contributed by atoms with Gasteiger partial charge in [0.25, 0.3) is 0 Å². The molecule has 3 aromatic carbocycles. The summed E-state index contributed by atoms with van der Waals surface area (Å²) < 4.78 is 0. The van der Waals surface area contributed by atoms with Crippen molar-refractivity contribution in [3.63, 3.8) is 0 Å². The van der Waals surface area contributed by atoms with Gasteiger partial charge in [-0.3, -0.25) is 0 Å². The van der Waals surface area contributed by atoms with E-state index in [9.17, 15) is 20.1 Å². The second-order valence-electron chi connectivity index (χ2n) is 9.16. The summed E-state index contributed by atoms with van der Waals surface area (Å²) in [5.41, 5.74) is 7.22. The molecule has 36 heavy (non-hydrogen) atoms. The van der Waals surface area contributed by atoms with Crippen LogP contribution < -0.4 is 10.9 Å². The molecular weight excluding hydrogens is 446 g/mol. The summed E-state index contributed by atoms with van der Waals surface area (Å²) >= 11 is 0. The summed E-state index contributed by atoms with van der Waals surface area (Å²) in [6.07, 6.45) is 19.7. The molecule has 0 saturated carbocycles. The van der Waals surface area contributed by atoms with E-state index in [2.05, 4.69) is 48.6 Å². The van der Waals surface area contributed by atoms with Crippen LogP contribution in [-0.4, -0.2) is 34.3 Å². The quantitative estimate of drug-likeness (QED) is 0.333. The SMILES string of the molecule is OB(O)c1ccc(-c2cc3c(-c4ccc(B(O)O)cc4)cc2/C=C\CCC/C=C\CCC/C=C\3)cc1. The van der Waals surface area contributed by atoms with Crippen molar-refractivity contribution in [2.75, 3.05) is 0 Å². The minimum Gasteiger partial charge on any atom is -0.423 e. The molecule has 0 unspecified atom stereocenters. The molecule has 0 aliphatic heterocycles. The molecule has 6 heteroatoms. The summed E-state index contributed by atoms with van der Waals surface area (Å²) in [6, 6.07) is 19.1. The molecule has 2 bridgehead atoms. The molecular formula is C30H32B2O4. The van der Waals surface area contributed by atoms with Crippen LogP contribution in [0.3, 0.4) is 0 Å². The number of rotatable bonds is 4. The normalized spacial score (nSPS) is 16.9. The highest BCUT2D eigenvalue weighted by Gasteiger charge is 2.15. The number of hydrogen-bond acceptors (Lipinski definition) is 4. The van der Waals surface area contributed by atoms with Crippen LogP contribution in [0.5, 0.6) is 0 Å². The van der Waals surface area contributed by atoms with Crippen molar-refractivity contribution in [3.8, 4) is 22.3 Å². The fraction of sp³-hybridized carbons (Fsp3) is 0.200. The van der Waals surface area contributed by atoms with Crippen LogP contribution in [0, 0.1) is 0 Å². The predicted molar refractivity (Wildman–Crippen MR) is 152 cm³/mol. The zero-order valence-corrected chi connectivity index (χ0v) is 20.4. The van der Waals surface area contributed by atoms with Crippen LogP contribution in [0.1, 0.15) is 49.7 Å². The Balaban J connectivity index is 1.84. The van der Waals surface area contributed by atoms with E-state index in [1.807, 2.05) is 24.3 Å². The van der Waals surface area contributed by atoms with Crippen LogP contribution in [-0.2, 0) is 0 Å². The lowest BCUT2D eigenvalue weighted by Crippen LogP contribution is -2.29. The number of fused-ring (bicyclic) bond motifs is 10. The Bertz CT molecular complexity index is 1130. The number of hydrogen-bond donors (Lipinski definition) is 4. The van der Waals surface area contributed by atoms with Gasteiger partial charge in [0.05, 0.1) is 0 Å². The summed E-state index contributed by atoms with van der Waals surface area (Å²) in [5.74, 6) is 0. The standard InChI is InChI=1S/C30H32B2O4/c33-31(34)27-17-13-23(14-18-27)29-22-26-12-10-8-6-4-2-1-3-5-7-9-11-25(29)21-30(26)24-15-19-28(20-16-24)32(35)36/h1-2,9-22,33-36H,3-8H2/b2-1-,11-9-,12-10-. The number of benzene rings is 3. The molecule has 2 aliphatic rings. The van der Waals surface area contributed by atoms with E-state index in [0.717, 1.165) is 71.9 Å². The highest BCUT2D eigenvalue weighted by molar-refractivity contribution is 6.59. The molecule has 0 radical (unpaired) electrons. The fourth-order valence-corrected chi connectivity index (χ4v) is 4.44. The maximum atomic E-state index is 9.51. The van der Waals surface area contributed by atoms with Gasteiger partial charge in [-0.15, -0.1) is 0 Å². The first kappa shape index (κ1) is 25.9. The first-order valence-corrected chi connectivity index (χ1v) is 12.6. The molecule has 182 valence electrons. The van der Waals surface area contributed by atoms with E-state index in [4.69, 9.17) is 0 Å². The smallest absolute Gasteiger partial charge is 0.423 e. The average Bonchev–Trinajstić information content (AvgIpc) is 2.88. The third kappa shape index (κ3) is 6.74. The molecule has 0 amide bonds. The predicted octanol–water partition coefficient (Wildman–Crippen LogP) is 4.32. The second kappa shape index (κ2) is 12.7. The van der Waals surface area contributed by atoms with Gasteiger partial charge in [-0.1, -0.05) is 85.0 Å². The van der Waals surface area contributed by atoms with E-state index in [1.54, 1.807) is 24.3 Å². The van der Waals surface area contributed by atoms with Crippen molar-refractivity contribution in [1.82, 2.24) is 0 Å². The molecule has 0 atom stereocenters. The third-order valence-corrected chi connectivity index (χ3v) is 6.51. The average molecular weight is 478 g/mol. The lowest BCUT2D eigenvalue weighted by atomic mass is 9.79. The van der Waals surface area contributed by atoms with Crippen LogP contribution in [0.15, 0.2) is 85.0 Å². The van der Waals surface area contributed by atoms with E-state index in [0.29, 0.717) is 10.9 Å². The molecule has 5 rings (SSSR count). The van der Waals surface area contributed by atoms with Crippen LogP contribution >= 0.6 is 0 Å². The minimum absolute atomic E-state index is 0.459. The van der Waals surface area contributed by atoms with Gasteiger partial charge >= 0.3 is 14.2 Å². The van der Waals surface area contributed by atoms with Gasteiger partial charge in [0, 0.05) is 0 Å².